The monoisotopic (exact) mass is 749 g/mol. The number of nitrogens with zero attached hydrogens (tertiary/aromatic N) is 1. The van der Waals surface area contributed by atoms with Gasteiger partial charge in [-0.15, -0.1) is 0 Å². The Hall–Kier alpha value is -4.70. The number of nitrogens with two attached hydrogens (primary N) is 4. The number of hydrogen-bond donors (Lipinski definition) is 7. The van der Waals surface area contributed by atoms with E-state index in [1.54, 1.807) is 7.11 Å². The van der Waals surface area contributed by atoms with Crippen LogP contribution in [0.15, 0.2) is 36.5 Å². The van der Waals surface area contributed by atoms with Crippen LogP contribution in [0.2, 0.25) is 0 Å². The van der Waals surface area contributed by atoms with Crippen molar-refractivity contribution in [3.63, 3.8) is 0 Å². The third-order valence-corrected chi connectivity index (χ3v) is 9.91. The molecule has 2 aromatic carbocycles. The summed E-state index contributed by atoms with van der Waals surface area (Å²) in [5.41, 5.74) is 26.6. The molecule has 15 nitrogen and oxygen atoms in total. The van der Waals surface area contributed by atoms with E-state index in [0.717, 1.165) is 65.8 Å². The van der Waals surface area contributed by atoms with E-state index in [-0.39, 0.29) is 31.8 Å². The van der Waals surface area contributed by atoms with E-state index < -0.39 is 24.0 Å². The summed E-state index contributed by atoms with van der Waals surface area (Å²) in [6, 6.07) is 7.97. The summed E-state index contributed by atoms with van der Waals surface area (Å²) < 4.78 is 25.4. The van der Waals surface area contributed by atoms with Gasteiger partial charge in [-0.3, -0.25) is 14.4 Å². The van der Waals surface area contributed by atoms with Crippen molar-refractivity contribution in [3.8, 4) is 34.3 Å². The first-order valence-electron chi connectivity index (χ1n) is 19.1. The molecule has 0 bridgehead atoms. The number of carbonyl (C=O) groups is 3. The van der Waals surface area contributed by atoms with Gasteiger partial charge in [-0.1, -0.05) is 12.8 Å². The first-order chi connectivity index (χ1) is 26.2. The molecule has 15 heteroatoms. The Morgan fingerprint density at radius 2 is 1.52 bits per heavy atom. The summed E-state index contributed by atoms with van der Waals surface area (Å²) in [5.74, 6) is 1.72. The van der Waals surface area contributed by atoms with Crippen molar-refractivity contribution < 1.29 is 37.9 Å². The van der Waals surface area contributed by atoms with E-state index >= 15 is 0 Å². The number of ether oxygens (including phenoxy) is 4. The highest BCUT2D eigenvalue weighted by atomic mass is 16.7. The topological polar surface area (TPSA) is 232 Å². The zero-order valence-corrected chi connectivity index (χ0v) is 31.3. The number of aryl methyl sites for hydroxylation is 2. The minimum atomic E-state index is -0.816. The molecule has 5 rings (SSSR count). The molecule has 2 aliphatic heterocycles. The maximum absolute atomic E-state index is 13.4. The van der Waals surface area contributed by atoms with E-state index in [2.05, 4.69) is 38.8 Å². The Bertz CT molecular complexity index is 1760. The van der Waals surface area contributed by atoms with Crippen molar-refractivity contribution in [3.05, 3.63) is 42.1 Å². The second kappa shape index (κ2) is 20.1. The molecule has 294 valence electrons. The number of amides is 3. The number of methoxy groups -OCH3 is 1. The smallest absolute Gasteiger partial charge is 0.242 e. The highest BCUT2D eigenvalue weighted by molar-refractivity contribution is 5.92. The fourth-order valence-corrected chi connectivity index (χ4v) is 6.80. The average Bonchev–Trinajstić information content (AvgIpc) is 3.64. The second-order valence-electron chi connectivity index (χ2n) is 13.8. The van der Waals surface area contributed by atoms with Crippen LogP contribution < -0.4 is 62.4 Å². The molecule has 3 aromatic rings. The maximum Gasteiger partial charge on any atom is 0.242 e. The molecule has 1 aromatic heterocycles. The van der Waals surface area contributed by atoms with E-state index in [0.29, 0.717) is 69.7 Å². The summed E-state index contributed by atoms with van der Waals surface area (Å²) in [6.07, 6.45) is 8.58. The van der Waals surface area contributed by atoms with Crippen LogP contribution in [-0.2, 0) is 27.3 Å². The van der Waals surface area contributed by atoms with E-state index in [9.17, 15) is 14.4 Å². The van der Waals surface area contributed by atoms with Crippen molar-refractivity contribution in [1.29, 1.82) is 0 Å². The van der Waals surface area contributed by atoms with Crippen LogP contribution >= 0.6 is 0 Å². The summed E-state index contributed by atoms with van der Waals surface area (Å²) in [4.78, 5) is 38.7. The van der Waals surface area contributed by atoms with Gasteiger partial charge in [0.2, 0.25) is 30.2 Å². The third-order valence-electron chi connectivity index (χ3n) is 9.91. The van der Waals surface area contributed by atoms with E-state index in [4.69, 9.17) is 41.9 Å². The van der Waals surface area contributed by atoms with E-state index in [1.807, 2.05) is 18.2 Å². The molecule has 3 atom stereocenters. The van der Waals surface area contributed by atoms with Gasteiger partial charge in [0.05, 0.1) is 36.7 Å². The lowest BCUT2D eigenvalue weighted by Crippen LogP contribution is -2.52. The molecule has 0 saturated carbocycles. The lowest BCUT2D eigenvalue weighted by atomic mass is 9.95. The molecule has 0 saturated heterocycles. The van der Waals surface area contributed by atoms with Crippen LogP contribution in [-0.4, -0.2) is 82.5 Å². The maximum atomic E-state index is 13.4. The Morgan fingerprint density at radius 3 is 2.24 bits per heavy atom. The van der Waals surface area contributed by atoms with Crippen LogP contribution in [0, 0.1) is 0 Å². The molecule has 0 radical (unpaired) electrons. The SMILES string of the molecule is COc1ccc2cc3[n+](cc2c1OCCNC(=O)C(CCCCNC(=O)C(N)CCCCN)NC(=O)C(N)CCCCN)CCc1cc2c(cc1-3)OCO2. The molecule has 0 spiro atoms. The zero-order chi connectivity index (χ0) is 38.5. The molecule has 0 aliphatic carbocycles. The highest BCUT2D eigenvalue weighted by Crippen LogP contribution is 2.41. The predicted molar refractivity (Wildman–Crippen MR) is 205 cm³/mol. The van der Waals surface area contributed by atoms with Crippen molar-refractivity contribution in [1.82, 2.24) is 16.0 Å². The fourth-order valence-electron chi connectivity index (χ4n) is 6.80. The van der Waals surface area contributed by atoms with Gasteiger partial charge >= 0.3 is 0 Å². The first kappa shape index (κ1) is 40.5. The van der Waals surface area contributed by atoms with Crippen LogP contribution in [0.1, 0.15) is 63.4 Å². The van der Waals surface area contributed by atoms with Crippen LogP contribution in [0.4, 0.5) is 0 Å². The minimum absolute atomic E-state index is 0.159. The molecule has 0 fully saturated rings. The van der Waals surface area contributed by atoms with Crippen LogP contribution in [0.5, 0.6) is 23.0 Å². The first-order valence-corrected chi connectivity index (χ1v) is 19.1. The van der Waals surface area contributed by atoms with Crippen LogP contribution in [0.3, 0.4) is 0 Å². The predicted octanol–water partition coefficient (Wildman–Crippen LogP) is 1.27. The molecular formula is C39H57N8O7+. The Balaban J connectivity index is 1.19. The van der Waals surface area contributed by atoms with Gasteiger partial charge in [-0.05, 0) is 93.3 Å². The van der Waals surface area contributed by atoms with Gasteiger partial charge in [0.15, 0.2) is 35.7 Å². The lowest BCUT2D eigenvalue weighted by molar-refractivity contribution is -0.686. The van der Waals surface area contributed by atoms with Crippen molar-refractivity contribution in [2.75, 3.05) is 46.7 Å². The minimum Gasteiger partial charge on any atom is -0.493 e. The molecule has 3 heterocycles. The Kier molecular flexibility index (Phi) is 15.1. The molecule has 11 N–H and O–H groups in total. The summed E-state index contributed by atoms with van der Waals surface area (Å²) in [7, 11) is 1.59. The average molecular weight is 750 g/mol. The normalized spacial score (nSPS) is 14.4. The zero-order valence-electron chi connectivity index (χ0n) is 31.3. The number of hydrogen-bond acceptors (Lipinski definition) is 11. The largest absolute Gasteiger partial charge is 0.493 e. The molecular weight excluding hydrogens is 692 g/mol. The third kappa shape index (κ3) is 10.5. The standard InChI is InChI=1S/C39H56N8O7/c1-51-33-12-11-25-20-32-27-22-35-34(53-24-54-35)21-26(27)13-18-47(32)23-28(25)36(33)52-19-17-45-39(50)31(46-38(49)30(43)9-3-6-15-41)10-4-7-16-44-37(48)29(42)8-2-5-14-40/h11-12,20-23,29-31H,2-10,13-19,24,40-43H2,1H3,(H2-,44,45,46,48,49,50)/p+1. The second-order valence-corrected chi connectivity index (χ2v) is 13.8. The molecule has 3 unspecified atom stereocenters. The number of nitrogens with one attached hydrogen (secondary N) is 3. The number of aromatic nitrogens is 1. The lowest BCUT2D eigenvalue weighted by Gasteiger charge is -2.21. The number of pyridine rings is 1. The van der Waals surface area contributed by atoms with Gasteiger partial charge in [-0.25, -0.2) is 0 Å². The van der Waals surface area contributed by atoms with Crippen molar-refractivity contribution in [2.45, 2.75) is 88.9 Å². The van der Waals surface area contributed by atoms with Gasteiger partial charge in [0.25, 0.3) is 0 Å². The van der Waals surface area contributed by atoms with Crippen molar-refractivity contribution in [2.24, 2.45) is 22.9 Å². The number of fused-ring (bicyclic) bond motifs is 5. The summed E-state index contributed by atoms with van der Waals surface area (Å²) in [5, 5.41) is 10.5. The number of rotatable bonds is 22. The van der Waals surface area contributed by atoms with Crippen molar-refractivity contribution >= 4 is 28.5 Å². The number of unbranched alkanes of at least 4 members (excludes halogenated alkanes) is 3. The van der Waals surface area contributed by atoms with Gasteiger partial charge in [-0.2, -0.15) is 4.57 Å². The summed E-state index contributed by atoms with van der Waals surface area (Å²) in [6.45, 7) is 2.84. The quantitative estimate of drug-likeness (QED) is 0.0571. The van der Waals surface area contributed by atoms with Crippen LogP contribution in [0.25, 0.3) is 22.0 Å². The Labute approximate surface area is 316 Å². The van der Waals surface area contributed by atoms with E-state index in [1.165, 1.54) is 5.56 Å². The molecule has 54 heavy (non-hydrogen) atoms. The number of benzene rings is 2. The molecule has 3 amide bonds. The number of carbonyl (C=O) groups excluding carboxylic acids is 3. The highest BCUT2D eigenvalue weighted by Gasteiger charge is 2.29. The molecule has 2 aliphatic rings. The van der Waals surface area contributed by atoms with Gasteiger partial charge in [0.1, 0.15) is 12.6 Å². The van der Waals surface area contributed by atoms with Gasteiger partial charge < -0.3 is 57.8 Å². The fraction of sp³-hybridized carbons (Fsp3) is 0.538. The van der Waals surface area contributed by atoms with Gasteiger partial charge in [0, 0.05) is 19.0 Å². The Morgan fingerprint density at radius 1 is 0.833 bits per heavy atom. The summed E-state index contributed by atoms with van der Waals surface area (Å²) >= 11 is 0.